The maximum Gasteiger partial charge on any atom is 0.315 e. The smallest absolute Gasteiger partial charge is 0.315 e. The van der Waals surface area contributed by atoms with Crippen molar-refractivity contribution in [1.82, 2.24) is 25.4 Å². The second-order valence-corrected chi connectivity index (χ2v) is 5.75. The van der Waals surface area contributed by atoms with Crippen molar-refractivity contribution in [2.24, 2.45) is 0 Å². The van der Waals surface area contributed by atoms with Crippen molar-refractivity contribution in [2.45, 2.75) is 38.8 Å². The maximum absolute atomic E-state index is 12.0. The van der Waals surface area contributed by atoms with Crippen LogP contribution in [0.5, 0.6) is 0 Å². The highest BCUT2D eigenvalue weighted by molar-refractivity contribution is 5.74. The fourth-order valence-electron chi connectivity index (χ4n) is 2.33. The number of hydrogen-bond donors (Lipinski definition) is 3. The molecule has 0 radical (unpaired) electrons. The van der Waals surface area contributed by atoms with Crippen molar-refractivity contribution >= 4 is 6.03 Å². The van der Waals surface area contributed by atoms with E-state index in [0.717, 1.165) is 18.4 Å². The van der Waals surface area contributed by atoms with Crippen molar-refractivity contribution in [3.63, 3.8) is 0 Å². The Kier molecular flexibility index (Phi) is 5.70. The second kappa shape index (κ2) is 7.73. The third kappa shape index (κ3) is 4.79. The molecule has 0 aliphatic carbocycles. The second-order valence-electron chi connectivity index (χ2n) is 5.75. The Hall–Kier alpha value is -2.41. The quantitative estimate of drug-likeness (QED) is 0.723. The number of aromatic nitrogens is 3. The third-order valence-electron chi connectivity index (χ3n) is 3.57. The number of amides is 2. The van der Waals surface area contributed by atoms with Crippen LogP contribution in [-0.2, 0) is 6.54 Å². The Morgan fingerprint density at radius 3 is 2.91 bits per heavy atom. The molecule has 3 N–H and O–H groups in total. The topological polar surface area (TPSA) is 92.1 Å². The van der Waals surface area contributed by atoms with Gasteiger partial charge in [-0.2, -0.15) is 5.10 Å². The molecule has 2 aromatic heterocycles. The Labute approximate surface area is 135 Å². The summed E-state index contributed by atoms with van der Waals surface area (Å²) in [6, 6.07) is 5.23. The molecular weight excluding hydrogens is 294 g/mol. The van der Waals surface area contributed by atoms with Gasteiger partial charge in [0.05, 0.1) is 12.1 Å². The molecule has 2 aromatic rings. The molecule has 23 heavy (non-hydrogen) atoms. The van der Waals surface area contributed by atoms with Crippen molar-refractivity contribution in [1.29, 1.82) is 0 Å². The lowest BCUT2D eigenvalue weighted by Gasteiger charge is -2.28. The Balaban J connectivity index is 1.93. The van der Waals surface area contributed by atoms with Crippen LogP contribution in [0.2, 0.25) is 0 Å². The predicted octanol–water partition coefficient (Wildman–Crippen LogP) is 1.62. The maximum atomic E-state index is 12.0. The minimum atomic E-state index is -0.600. The lowest BCUT2D eigenvalue weighted by Crippen LogP contribution is -2.52. The molecule has 7 heteroatoms. The number of aliphatic hydroxyl groups excluding tert-OH is 1. The minimum Gasteiger partial charge on any atom is -0.394 e. The summed E-state index contributed by atoms with van der Waals surface area (Å²) < 4.78 is 1.66. The van der Waals surface area contributed by atoms with E-state index >= 15 is 0 Å². The van der Waals surface area contributed by atoms with E-state index in [0.29, 0.717) is 12.4 Å². The standard InChI is InChI=1S/C16H23N5O2/c1-3-6-16(2,12-22)20-15(23)18-11-13-5-8-17-14(10-13)21-9-4-7-19-21/h4-5,7-10,22H,3,6,11-12H2,1-2H3,(H2,18,20,23). The summed E-state index contributed by atoms with van der Waals surface area (Å²) in [5, 5.41) is 19.2. The molecule has 0 fully saturated rings. The van der Waals surface area contributed by atoms with Gasteiger partial charge in [-0.1, -0.05) is 13.3 Å². The van der Waals surface area contributed by atoms with Gasteiger partial charge in [0.25, 0.3) is 0 Å². The minimum absolute atomic E-state index is 0.0903. The highest BCUT2D eigenvalue weighted by Gasteiger charge is 2.24. The predicted molar refractivity (Wildman–Crippen MR) is 87.1 cm³/mol. The molecule has 0 aliphatic heterocycles. The number of urea groups is 1. The molecule has 2 amide bonds. The average Bonchev–Trinajstić information content (AvgIpc) is 3.08. The van der Waals surface area contributed by atoms with Crippen LogP contribution < -0.4 is 10.6 Å². The van der Waals surface area contributed by atoms with E-state index < -0.39 is 5.54 Å². The first-order chi connectivity index (χ1) is 11.1. The van der Waals surface area contributed by atoms with E-state index in [4.69, 9.17) is 0 Å². The summed E-state index contributed by atoms with van der Waals surface area (Å²) in [4.78, 5) is 16.3. The van der Waals surface area contributed by atoms with Crippen LogP contribution in [0.1, 0.15) is 32.3 Å². The summed E-state index contributed by atoms with van der Waals surface area (Å²) in [6.07, 6.45) is 6.78. The first-order valence-electron chi connectivity index (χ1n) is 7.68. The Morgan fingerprint density at radius 1 is 1.43 bits per heavy atom. The zero-order valence-corrected chi connectivity index (χ0v) is 13.5. The van der Waals surface area contributed by atoms with Crippen LogP contribution in [0.3, 0.4) is 0 Å². The van der Waals surface area contributed by atoms with E-state index in [1.807, 2.05) is 38.2 Å². The molecule has 0 bridgehead atoms. The van der Waals surface area contributed by atoms with Crippen LogP contribution >= 0.6 is 0 Å². The van der Waals surface area contributed by atoms with Gasteiger partial charge in [0, 0.05) is 25.1 Å². The number of nitrogens with one attached hydrogen (secondary N) is 2. The van der Waals surface area contributed by atoms with Crippen LogP contribution in [0, 0.1) is 0 Å². The van der Waals surface area contributed by atoms with Crippen LogP contribution in [0.4, 0.5) is 4.79 Å². The van der Waals surface area contributed by atoms with Gasteiger partial charge < -0.3 is 15.7 Å². The normalized spacial score (nSPS) is 13.3. The molecule has 0 aliphatic rings. The zero-order chi connectivity index (χ0) is 16.7. The molecule has 0 saturated carbocycles. The SMILES string of the molecule is CCCC(C)(CO)NC(=O)NCc1ccnc(-n2cccn2)c1. The van der Waals surface area contributed by atoms with Gasteiger partial charge in [-0.15, -0.1) is 0 Å². The van der Waals surface area contributed by atoms with E-state index in [1.165, 1.54) is 0 Å². The Morgan fingerprint density at radius 2 is 2.26 bits per heavy atom. The average molecular weight is 317 g/mol. The van der Waals surface area contributed by atoms with Gasteiger partial charge in [0.15, 0.2) is 5.82 Å². The van der Waals surface area contributed by atoms with Crippen molar-refractivity contribution in [2.75, 3.05) is 6.61 Å². The molecular formula is C16H23N5O2. The van der Waals surface area contributed by atoms with Gasteiger partial charge in [0.1, 0.15) is 0 Å². The lowest BCUT2D eigenvalue weighted by molar-refractivity contribution is 0.163. The summed E-state index contributed by atoms with van der Waals surface area (Å²) in [6.45, 7) is 4.13. The summed E-state index contributed by atoms with van der Waals surface area (Å²) in [5.41, 5.74) is 0.318. The van der Waals surface area contributed by atoms with Crippen molar-refractivity contribution in [3.05, 3.63) is 42.4 Å². The van der Waals surface area contributed by atoms with Gasteiger partial charge in [-0.05, 0) is 37.1 Å². The van der Waals surface area contributed by atoms with Gasteiger partial charge in [-0.3, -0.25) is 0 Å². The first-order valence-corrected chi connectivity index (χ1v) is 7.68. The third-order valence-corrected chi connectivity index (χ3v) is 3.57. The first kappa shape index (κ1) is 17.0. The van der Waals surface area contributed by atoms with Gasteiger partial charge in [-0.25, -0.2) is 14.5 Å². The van der Waals surface area contributed by atoms with Crippen molar-refractivity contribution < 1.29 is 9.90 Å². The molecule has 2 rings (SSSR count). The highest BCUT2D eigenvalue weighted by Crippen LogP contribution is 2.11. The molecule has 124 valence electrons. The summed E-state index contributed by atoms with van der Waals surface area (Å²) >= 11 is 0. The van der Waals surface area contributed by atoms with E-state index in [-0.39, 0.29) is 12.6 Å². The number of hydrogen-bond acceptors (Lipinski definition) is 4. The molecule has 0 aromatic carbocycles. The fraction of sp³-hybridized carbons (Fsp3) is 0.438. The summed E-state index contributed by atoms with van der Waals surface area (Å²) in [7, 11) is 0. The zero-order valence-electron chi connectivity index (χ0n) is 13.5. The number of carbonyl (C=O) groups is 1. The van der Waals surface area contributed by atoms with Crippen LogP contribution in [-0.4, -0.2) is 38.0 Å². The molecule has 0 spiro atoms. The largest absolute Gasteiger partial charge is 0.394 e. The van der Waals surface area contributed by atoms with Gasteiger partial charge >= 0.3 is 6.03 Å². The highest BCUT2D eigenvalue weighted by atomic mass is 16.3. The number of rotatable bonds is 7. The molecule has 1 unspecified atom stereocenters. The number of carbonyl (C=O) groups excluding carboxylic acids is 1. The van der Waals surface area contributed by atoms with E-state index in [2.05, 4.69) is 20.7 Å². The van der Waals surface area contributed by atoms with Crippen LogP contribution in [0.15, 0.2) is 36.8 Å². The molecule has 0 saturated heterocycles. The van der Waals surface area contributed by atoms with E-state index in [1.54, 1.807) is 17.1 Å². The molecule has 7 nitrogen and oxygen atoms in total. The molecule has 1 atom stereocenters. The lowest BCUT2D eigenvalue weighted by atomic mass is 9.98. The number of pyridine rings is 1. The van der Waals surface area contributed by atoms with E-state index in [9.17, 15) is 9.90 Å². The number of nitrogens with zero attached hydrogens (tertiary/aromatic N) is 3. The Bertz CT molecular complexity index is 629. The van der Waals surface area contributed by atoms with Crippen LogP contribution in [0.25, 0.3) is 5.82 Å². The van der Waals surface area contributed by atoms with Gasteiger partial charge in [0.2, 0.25) is 0 Å². The monoisotopic (exact) mass is 317 g/mol. The molecule has 2 heterocycles. The number of aliphatic hydroxyl groups is 1. The summed E-state index contributed by atoms with van der Waals surface area (Å²) in [5.74, 6) is 0.695. The van der Waals surface area contributed by atoms with Crippen molar-refractivity contribution in [3.8, 4) is 5.82 Å². The fourth-order valence-corrected chi connectivity index (χ4v) is 2.33.